The highest BCUT2D eigenvalue weighted by atomic mass is 32.2. The Balaban J connectivity index is 2.28. The van der Waals surface area contributed by atoms with Crippen molar-refractivity contribution in [1.82, 2.24) is 9.97 Å². The van der Waals surface area contributed by atoms with E-state index in [-0.39, 0.29) is 5.75 Å². The van der Waals surface area contributed by atoms with Crippen molar-refractivity contribution in [2.75, 3.05) is 11.5 Å². The molecule has 18 heavy (non-hydrogen) atoms. The lowest BCUT2D eigenvalue weighted by molar-refractivity contribution is 0.599. The summed E-state index contributed by atoms with van der Waals surface area (Å²) >= 11 is 3.03. The Morgan fingerprint density at radius 1 is 1.39 bits per heavy atom. The van der Waals surface area contributed by atoms with Crippen molar-refractivity contribution in [2.45, 2.75) is 18.9 Å². The van der Waals surface area contributed by atoms with Crippen LogP contribution >= 0.6 is 23.1 Å². The average molecular weight is 303 g/mol. The van der Waals surface area contributed by atoms with E-state index in [1.807, 2.05) is 13.8 Å². The van der Waals surface area contributed by atoms with E-state index < -0.39 is 10.0 Å². The van der Waals surface area contributed by atoms with Crippen LogP contribution in [0.25, 0.3) is 10.2 Å². The van der Waals surface area contributed by atoms with Gasteiger partial charge in [0, 0.05) is 16.0 Å². The third-order valence-corrected chi connectivity index (χ3v) is 5.68. The zero-order valence-electron chi connectivity index (χ0n) is 10.0. The van der Waals surface area contributed by atoms with Crippen molar-refractivity contribution in [1.29, 1.82) is 0 Å². The number of rotatable bonds is 4. The molecule has 0 bridgehead atoms. The van der Waals surface area contributed by atoms with Gasteiger partial charge in [-0.1, -0.05) is 0 Å². The predicted molar refractivity (Wildman–Crippen MR) is 75.6 cm³/mol. The highest BCUT2D eigenvalue weighted by Crippen LogP contribution is 2.34. The standard InChI is InChI=1S/C10H13N3O2S3/c1-6-7(2)17-10-8(6)9(12-5-13-10)16-3-4-18(11,14)15/h5H,3-4H2,1-2H3,(H2,11,14,15). The Bertz CT molecular complexity index is 679. The molecule has 2 aromatic heterocycles. The number of nitrogens with zero attached hydrogens (tertiary/aromatic N) is 2. The highest BCUT2D eigenvalue weighted by Gasteiger charge is 2.13. The highest BCUT2D eigenvalue weighted by molar-refractivity contribution is 8.00. The van der Waals surface area contributed by atoms with Gasteiger partial charge in [-0.05, 0) is 19.4 Å². The average Bonchev–Trinajstić information content (AvgIpc) is 2.54. The largest absolute Gasteiger partial charge is 0.229 e. The smallest absolute Gasteiger partial charge is 0.209 e. The van der Waals surface area contributed by atoms with Gasteiger partial charge in [-0.15, -0.1) is 23.1 Å². The predicted octanol–water partition coefficient (Wildman–Crippen LogP) is 1.69. The van der Waals surface area contributed by atoms with Gasteiger partial charge in [0.05, 0.1) is 5.75 Å². The number of aromatic nitrogens is 2. The summed E-state index contributed by atoms with van der Waals surface area (Å²) in [6.45, 7) is 4.07. The fourth-order valence-corrected chi connectivity index (χ4v) is 4.55. The van der Waals surface area contributed by atoms with Gasteiger partial charge < -0.3 is 0 Å². The van der Waals surface area contributed by atoms with Crippen LogP contribution in [0, 0.1) is 13.8 Å². The summed E-state index contributed by atoms with van der Waals surface area (Å²) in [6, 6.07) is 0. The molecule has 0 saturated heterocycles. The van der Waals surface area contributed by atoms with Crippen LogP contribution in [0.2, 0.25) is 0 Å². The van der Waals surface area contributed by atoms with Crippen LogP contribution in [0.1, 0.15) is 10.4 Å². The molecular formula is C10H13N3O2S3. The number of fused-ring (bicyclic) bond motifs is 1. The van der Waals surface area contributed by atoms with Gasteiger partial charge in [0.25, 0.3) is 0 Å². The lowest BCUT2D eigenvalue weighted by atomic mass is 10.2. The van der Waals surface area contributed by atoms with E-state index in [1.165, 1.54) is 23.0 Å². The molecule has 2 N–H and O–H groups in total. The summed E-state index contributed by atoms with van der Waals surface area (Å²) in [5.74, 6) is 0.352. The Morgan fingerprint density at radius 3 is 2.78 bits per heavy atom. The van der Waals surface area contributed by atoms with Gasteiger partial charge in [0.15, 0.2) is 0 Å². The zero-order valence-corrected chi connectivity index (χ0v) is 12.5. The van der Waals surface area contributed by atoms with Crippen LogP contribution in [0.5, 0.6) is 0 Å². The summed E-state index contributed by atoms with van der Waals surface area (Å²) in [4.78, 5) is 10.6. The Kier molecular flexibility index (Phi) is 3.90. The summed E-state index contributed by atoms with van der Waals surface area (Å²) in [7, 11) is -3.41. The minimum atomic E-state index is -3.41. The molecule has 0 saturated carbocycles. The lowest BCUT2D eigenvalue weighted by Gasteiger charge is -2.02. The van der Waals surface area contributed by atoms with Crippen molar-refractivity contribution < 1.29 is 8.42 Å². The van der Waals surface area contributed by atoms with E-state index in [9.17, 15) is 8.42 Å². The SMILES string of the molecule is Cc1sc2ncnc(SCCS(N)(=O)=O)c2c1C. The molecule has 0 radical (unpaired) electrons. The normalized spacial score (nSPS) is 12.2. The molecule has 0 fully saturated rings. The topological polar surface area (TPSA) is 85.9 Å². The molecule has 0 aliphatic rings. The number of sulfonamides is 1. The fraction of sp³-hybridized carbons (Fsp3) is 0.400. The quantitative estimate of drug-likeness (QED) is 0.686. The number of hydrogen-bond donors (Lipinski definition) is 1. The Morgan fingerprint density at radius 2 is 2.11 bits per heavy atom. The van der Waals surface area contributed by atoms with Crippen molar-refractivity contribution in [3.8, 4) is 0 Å². The molecule has 0 aromatic carbocycles. The molecule has 2 heterocycles. The number of nitrogens with two attached hydrogens (primary N) is 1. The van der Waals surface area contributed by atoms with E-state index >= 15 is 0 Å². The van der Waals surface area contributed by atoms with Crippen LogP contribution < -0.4 is 5.14 Å². The van der Waals surface area contributed by atoms with Gasteiger partial charge in [0.1, 0.15) is 16.2 Å². The first kappa shape index (κ1) is 13.7. The molecule has 0 aliphatic heterocycles. The van der Waals surface area contributed by atoms with E-state index in [0.717, 1.165) is 20.8 Å². The molecule has 0 atom stereocenters. The lowest BCUT2D eigenvalue weighted by Crippen LogP contribution is -2.17. The van der Waals surface area contributed by atoms with E-state index in [4.69, 9.17) is 5.14 Å². The van der Waals surface area contributed by atoms with E-state index in [0.29, 0.717) is 5.75 Å². The second-order valence-corrected chi connectivity index (χ2v) is 7.88. The third-order valence-electron chi connectivity index (χ3n) is 2.54. The molecule has 0 spiro atoms. The van der Waals surface area contributed by atoms with Crippen molar-refractivity contribution in [2.24, 2.45) is 5.14 Å². The maximum absolute atomic E-state index is 10.9. The second kappa shape index (κ2) is 5.12. The molecule has 0 amide bonds. The molecule has 2 aromatic rings. The molecular weight excluding hydrogens is 290 g/mol. The van der Waals surface area contributed by atoms with E-state index in [1.54, 1.807) is 11.3 Å². The molecule has 2 rings (SSSR count). The van der Waals surface area contributed by atoms with Crippen LogP contribution in [0.4, 0.5) is 0 Å². The maximum atomic E-state index is 10.9. The van der Waals surface area contributed by atoms with Crippen LogP contribution in [0.3, 0.4) is 0 Å². The number of primary sulfonamides is 1. The van der Waals surface area contributed by atoms with E-state index in [2.05, 4.69) is 9.97 Å². The number of aryl methyl sites for hydroxylation is 2. The van der Waals surface area contributed by atoms with Crippen LogP contribution in [-0.4, -0.2) is 29.9 Å². The maximum Gasteiger partial charge on any atom is 0.209 e. The van der Waals surface area contributed by atoms with Gasteiger partial charge in [-0.3, -0.25) is 0 Å². The first-order valence-electron chi connectivity index (χ1n) is 5.22. The zero-order chi connectivity index (χ0) is 13.3. The summed E-state index contributed by atoms with van der Waals surface area (Å²) in [5.41, 5.74) is 1.16. The summed E-state index contributed by atoms with van der Waals surface area (Å²) < 4.78 is 21.8. The first-order valence-corrected chi connectivity index (χ1v) is 8.74. The third kappa shape index (κ3) is 3.00. The van der Waals surface area contributed by atoms with Gasteiger partial charge in [0.2, 0.25) is 10.0 Å². The fourth-order valence-electron chi connectivity index (χ4n) is 1.51. The van der Waals surface area contributed by atoms with Crippen molar-refractivity contribution >= 4 is 43.3 Å². The molecule has 0 aliphatic carbocycles. The Labute approximate surface area is 114 Å². The van der Waals surface area contributed by atoms with Crippen molar-refractivity contribution in [3.63, 3.8) is 0 Å². The van der Waals surface area contributed by atoms with Gasteiger partial charge >= 0.3 is 0 Å². The molecule has 0 unspecified atom stereocenters. The van der Waals surface area contributed by atoms with Crippen LogP contribution in [-0.2, 0) is 10.0 Å². The minimum absolute atomic E-state index is 0.0503. The van der Waals surface area contributed by atoms with Gasteiger partial charge in [-0.25, -0.2) is 23.5 Å². The Hall–Kier alpha value is -0.700. The number of thiophene rings is 1. The van der Waals surface area contributed by atoms with Gasteiger partial charge in [-0.2, -0.15) is 0 Å². The minimum Gasteiger partial charge on any atom is -0.229 e. The summed E-state index contributed by atoms with van der Waals surface area (Å²) in [5, 5.41) is 6.83. The number of hydrogen-bond acceptors (Lipinski definition) is 6. The first-order chi connectivity index (χ1) is 8.38. The monoisotopic (exact) mass is 303 g/mol. The number of thioether (sulfide) groups is 1. The molecule has 98 valence electrons. The van der Waals surface area contributed by atoms with Crippen LogP contribution in [0.15, 0.2) is 11.4 Å². The molecule has 5 nitrogen and oxygen atoms in total. The van der Waals surface area contributed by atoms with Crippen molar-refractivity contribution in [3.05, 3.63) is 16.8 Å². The summed E-state index contributed by atoms with van der Waals surface area (Å²) in [6.07, 6.45) is 1.51. The molecule has 8 heteroatoms. The second-order valence-electron chi connectivity index (χ2n) is 3.86.